The van der Waals surface area contributed by atoms with Crippen molar-refractivity contribution in [2.45, 2.75) is 6.92 Å². The Balaban J connectivity index is 1.47. The number of nitrogens with zero attached hydrogens (tertiary/aromatic N) is 2. The molecule has 2 heterocycles. The van der Waals surface area contributed by atoms with Crippen molar-refractivity contribution in [3.63, 3.8) is 0 Å². The number of benzene rings is 5. The standard InChI is InChI=1S/C35H24N2O/c1-23-15-17-26(18-16-23)29-13-8-14-30-32-34(38-33(29)30)31(36-35(37-32)28-11-6-3-7-12-28)27-21-19-25(20-22-27)24-9-4-2-5-10-24/h2-22H,1H3. The van der Waals surface area contributed by atoms with Gasteiger partial charge in [0.05, 0.1) is 0 Å². The first-order chi connectivity index (χ1) is 18.7. The van der Waals surface area contributed by atoms with Crippen LogP contribution >= 0.6 is 0 Å². The molecule has 0 atom stereocenters. The number of rotatable bonds is 4. The molecule has 3 heteroatoms. The zero-order valence-corrected chi connectivity index (χ0v) is 20.9. The van der Waals surface area contributed by atoms with Gasteiger partial charge in [0, 0.05) is 22.1 Å². The Kier molecular flexibility index (Phi) is 5.33. The molecule has 180 valence electrons. The van der Waals surface area contributed by atoms with Crippen LogP contribution in [0, 0.1) is 6.92 Å². The molecular formula is C35H24N2O. The van der Waals surface area contributed by atoms with Gasteiger partial charge in [-0.25, -0.2) is 9.97 Å². The maximum Gasteiger partial charge on any atom is 0.180 e. The molecule has 7 rings (SSSR count). The lowest BCUT2D eigenvalue weighted by Gasteiger charge is -2.07. The normalized spacial score (nSPS) is 11.3. The van der Waals surface area contributed by atoms with Crippen molar-refractivity contribution in [2.75, 3.05) is 0 Å². The van der Waals surface area contributed by atoms with Crippen LogP contribution in [0.3, 0.4) is 0 Å². The number of furan rings is 1. The SMILES string of the molecule is Cc1ccc(-c2cccc3c2oc2c(-c4ccc(-c5ccccc5)cc4)nc(-c4ccccc4)nc23)cc1. The lowest BCUT2D eigenvalue weighted by molar-refractivity contribution is 0.668. The van der Waals surface area contributed by atoms with Crippen LogP contribution in [0.5, 0.6) is 0 Å². The van der Waals surface area contributed by atoms with Crippen LogP contribution in [0.4, 0.5) is 0 Å². The predicted molar refractivity (Wildman–Crippen MR) is 156 cm³/mol. The van der Waals surface area contributed by atoms with Crippen LogP contribution in [0.1, 0.15) is 5.56 Å². The van der Waals surface area contributed by atoms with Crippen molar-refractivity contribution in [1.29, 1.82) is 0 Å². The summed E-state index contributed by atoms with van der Waals surface area (Å²) in [7, 11) is 0. The summed E-state index contributed by atoms with van der Waals surface area (Å²) in [4.78, 5) is 10.1. The first-order valence-corrected chi connectivity index (χ1v) is 12.8. The molecule has 5 aromatic carbocycles. The summed E-state index contributed by atoms with van der Waals surface area (Å²) < 4.78 is 6.63. The van der Waals surface area contributed by atoms with Crippen molar-refractivity contribution in [3.8, 4) is 44.9 Å². The van der Waals surface area contributed by atoms with Crippen LogP contribution in [0.15, 0.2) is 132 Å². The third-order valence-corrected chi connectivity index (χ3v) is 7.00. The minimum absolute atomic E-state index is 0.684. The fraction of sp³-hybridized carbons (Fsp3) is 0.0286. The van der Waals surface area contributed by atoms with E-state index in [4.69, 9.17) is 14.4 Å². The second-order valence-corrected chi connectivity index (χ2v) is 9.53. The molecule has 0 saturated carbocycles. The first-order valence-electron chi connectivity index (χ1n) is 12.8. The third kappa shape index (κ3) is 3.86. The monoisotopic (exact) mass is 488 g/mol. The average Bonchev–Trinajstić information content (AvgIpc) is 3.37. The predicted octanol–water partition coefficient (Wildman–Crippen LogP) is 9.35. The van der Waals surface area contributed by atoms with E-state index in [2.05, 4.69) is 97.9 Å². The van der Waals surface area contributed by atoms with Gasteiger partial charge in [-0.15, -0.1) is 0 Å². The molecule has 0 spiro atoms. The largest absolute Gasteiger partial charge is 0.451 e. The number of fused-ring (bicyclic) bond motifs is 3. The number of hydrogen-bond acceptors (Lipinski definition) is 3. The highest BCUT2D eigenvalue weighted by atomic mass is 16.3. The second-order valence-electron chi connectivity index (χ2n) is 9.53. The van der Waals surface area contributed by atoms with E-state index in [-0.39, 0.29) is 0 Å². The Labute approximate surface area is 221 Å². The highest BCUT2D eigenvalue weighted by Gasteiger charge is 2.20. The molecule has 38 heavy (non-hydrogen) atoms. The van der Waals surface area contributed by atoms with Gasteiger partial charge in [0.1, 0.15) is 16.8 Å². The highest BCUT2D eigenvalue weighted by Crippen LogP contribution is 2.39. The Morgan fingerprint density at radius 2 is 1.08 bits per heavy atom. The Bertz CT molecular complexity index is 1890. The zero-order chi connectivity index (χ0) is 25.5. The fourth-order valence-electron chi connectivity index (χ4n) is 4.99. The van der Waals surface area contributed by atoms with Gasteiger partial charge >= 0.3 is 0 Å². The average molecular weight is 489 g/mol. The number of para-hydroxylation sites is 1. The lowest BCUT2D eigenvalue weighted by Crippen LogP contribution is -1.93. The van der Waals surface area contributed by atoms with Crippen LogP contribution in [0.2, 0.25) is 0 Å². The molecule has 0 amide bonds. The van der Waals surface area contributed by atoms with Crippen LogP contribution in [-0.2, 0) is 0 Å². The summed E-state index contributed by atoms with van der Waals surface area (Å²) in [5.74, 6) is 0.684. The van der Waals surface area contributed by atoms with Crippen molar-refractivity contribution in [2.24, 2.45) is 0 Å². The minimum Gasteiger partial charge on any atom is -0.451 e. The molecule has 0 fully saturated rings. The Hall–Kier alpha value is -5.02. The van der Waals surface area contributed by atoms with Gasteiger partial charge in [0.15, 0.2) is 11.4 Å². The summed E-state index contributed by atoms with van der Waals surface area (Å²) in [5.41, 5.74) is 10.8. The molecular weight excluding hydrogens is 464 g/mol. The molecule has 0 aliphatic carbocycles. The summed E-state index contributed by atoms with van der Waals surface area (Å²) in [6.45, 7) is 2.10. The second kappa shape index (κ2) is 9.13. The molecule has 0 unspecified atom stereocenters. The van der Waals surface area contributed by atoms with Gasteiger partial charge in [-0.1, -0.05) is 127 Å². The molecule has 3 nitrogen and oxygen atoms in total. The van der Waals surface area contributed by atoms with Crippen LogP contribution in [-0.4, -0.2) is 9.97 Å². The van der Waals surface area contributed by atoms with E-state index in [1.54, 1.807) is 0 Å². The van der Waals surface area contributed by atoms with E-state index in [0.29, 0.717) is 11.4 Å². The summed E-state index contributed by atoms with van der Waals surface area (Å²) in [6.07, 6.45) is 0. The smallest absolute Gasteiger partial charge is 0.180 e. The van der Waals surface area contributed by atoms with E-state index in [9.17, 15) is 0 Å². The van der Waals surface area contributed by atoms with E-state index in [1.807, 2.05) is 36.4 Å². The molecule has 0 aliphatic rings. The number of hydrogen-bond donors (Lipinski definition) is 0. The van der Waals surface area contributed by atoms with Gasteiger partial charge < -0.3 is 4.42 Å². The molecule has 0 radical (unpaired) electrons. The van der Waals surface area contributed by atoms with E-state index in [0.717, 1.165) is 50.0 Å². The molecule has 0 aliphatic heterocycles. The van der Waals surface area contributed by atoms with Crippen molar-refractivity contribution in [1.82, 2.24) is 9.97 Å². The van der Waals surface area contributed by atoms with Gasteiger partial charge in [0.25, 0.3) is 0 Å². The maximum atomic E-state index is 6.63. The molecule has 0 N–H and O–H groups in total. The highest BCUT2D eigenvalue weighted by molar-refractivity contribution is 6.11. The van der Waals surface area contributed by atoms with Gasteiger partial charge in [-0.05, 0) is 29.7 Å². The van der Waals surface area contributed by atoms with Gasteiger partial charge in [0.2, 0.25) is 0 Å². The third-order valence-electron chi connectivity index (χ3n) is 7.00. The molecule has 0 saturated heterocycles. The number of aromatic nitrogens is 2. The lowest BCUT2D eigenvalue weighted by atomic mass is 10.0. The summed E-state index contributed by atoms with van der Waals surface area (Å²) >= 11 is 0. The molecule has 2 aromatic heterocycles. The molecule has 7 aromatic rings. The van der Waals surface area contributed by atoms with Crippen molar-refractivity contribution >= 4 is 22.1 Å². The van der Waals surface area contributed by atoms with E-state index in [1.165, 1.54) is 11.1 Å². The van der Waals surface area contributed by atoms with Crippen LogP contribution in [0.25, 0.3) is 67.0 Å². The summed E-state index contributed by atoms with van der Waals surface area (Å²) in [5, 5.41) is 0.986. The zero-order valence-electron chi connectivity index (χ0n) is 20.9. The summed E-state index contributed by atoms with van der Waals surface area (Å²) in [6, 6.07) is 43.8. The molecule has 0 bridgehead atoms. The first kappa shape index (κ1) is 22.2. The fourth-order valence-corrected chi connectivity index (χ4v) is 4.99. The number of aryl methyl sites for hydroxylation is 1. The van der Waals surface area contributed by atoms with Gasteiger partial charge in [-0.3, -0.25) is 0 Å². The van der Waals surface area contributed by atoms with Crippen molar-refractivity contribution < 1.29 is 4.42 Å². The van der Waals surface area contributed by atoms with E-state index < -0.39 is 0 Å². The van der Waals surface area contributed by atoms with Crippen molar-refractivity contribution in [3.05, 3.63) is 133 Å². The minimum atomic E-state index is 0.684. The van der Waals surface area contributed by atoms with Gasteiger partial charge in [-0.2, -0.15) is 0 Å². The Morgan fingerprint density at radius 3 is 1.79 bits per heavy atom. The Morgan fingerprint density at radius 1 is 0.474 bits per heavy atom. The van der Waals surface area contributed by atoms with Crippen LogP contribution < -0.4 is 0 Å². The van der Waals surface area contributed by atoms with E-state index >= 15 is 0 Å². The topological polar surface area (TPSA) is 38.9 Å². The quantitative estimate of drug-likeness (QED) is 0.248. The maximum absolute atomic E-state index is 6.63.